The zero-order valence-electron chi connectivity index (χ0n) is 9.43. The van der Waals surface area contributed by atoms with Crippen LogP contribution in [0.3, 0.4) is 0 Å². The van der Waals surface area contributed by atoms with Crippen molar-refractivity contribution in [2.24, 2.45) is 0 Å². The molecule has 0 atom stereocenters. The minimum Gasteiger partial charge on any atom is -1.00 e. The minimum atomic E-state index is -3.52. The van der Waals surface area contributed by atoms with E-state index in [-0.39, 0.29) is 64.3 Å². The van der Waals surface area contributed by atoms with E-state index in [4.69, 9.17) is 4.18 Å². The molecule has 0 heterocycles. The monoisotopic (exact) mass is 240 g/mol. The molecule has 1 aromatic rings. The van der Waals surface area contributed by atoms with E-state index < -0.39 is 10.1 Å². The average Bonchev–Trinajstić information content (AvgIpc) is 2.16. The molecule has 0 saturated carbocycles. The molecule has 14 heavy (non-hydrogen) atoms. The Balaban J connectivity index is 0. The first kappa shape index (κ1) is 14.8. The van der Waals surface area contributed by atoms with Crippen LogP contribution in [0.15, 0.2) is 35.2 Å². The van der Waals surface area contributed by atoms with Gasteiger partial charge >= 0.3 is 51.4 Å². The topological polar surface area (TPSA) is 43.4 Å². The Morgan fingerprint density at radius 2 is 1.86 bits per heavy atom. The maximum Gasteiger partial charge on any atom is 1.00 e. The SMILES string of the molecule is CCCOS(=O)(=O)c1ccccc1.[H-].[K+]. The van der Waals surface area contributed by atoms with Gasteiger partial charge in [-0.15, -0.1) is 0 Å². The van der Waals surface area contributed by atoms with Crippen LogP contribution in [-0.2, 0) is 14.3 Å². The molecule has 74 valence electrons. The maximum atomic E-state index is 11.4. The Labute approximate surface area is 129 Å². The van der Waals surface area contributed by atoms with Crippen LogP contribution >= 0.6 is 0 Å². The summed E-state index contributed by atoms with van der Waals surface area (Å²) in [5.41, 5.74) is 0. The van der Waals surface area contributed by atoms with Gasteiger partial charge in [-0.1, -0.05) is 25.1 Å². The van der Waals surface area contributed by atoms with Gasteiger partial charge in [0.1, 0.15) is 0 Å². The third kappa shape index (κ3) is 4.52. The Bertz CT molecular complexity index is 353. The molecule has 0 spiro atoms. The molecule has 0 aliphatic heterocycles. The van der Waals surface area contributed by atoms with Crippen LogP contribution in [0.25, 0.3) is 0 Å². The Morgan fingerprint density at radius 3 is 2.36 bits per heavy atom. The number of benzene rings is 1. The van der Waals surface area contributed by atoms with Gasteiger partial charge in [-0.3, -0.25) is 4.18 Å². The van der Waals surface area contributed by atoms with Crippen LogP contribution in [0.1, 0.15) is 14.8 Å². The van der Waals surface area contributed by atoms with Gasteiger partial charge in [0.15, 0.2) is 0 Å². The molecule has 0 saturated heterocycles. The smallest absolute Gasteiger partial charge is 1.00 e. The van der Waals surface area contributed by atoms with Crippen LogP contribution in [0.5, 0.6) is 0 Å². The Hall–Kier alpha value is 0.766. The summed E-state index contributed by atoms with van der Waals surface area (Å²) in [5.74, 6) is 0. The van der Waals surface area contributed by atoms with Crippen molar-refractivity contribution in [2.75, 3.05) is 6.61 Å². The summed E-state index contributed by atoms with van der Waals surface area (Å²) >= 11 is 0. The van der Waals surface area contributed by atoms with E-state index in [9.17, 15) is 8.42 Å². The van der Waals surface area contributed by atoms with Crippen molar-refractivity contribution in [1.82, 2.24) is 0 Å². The standard InChI is InChI=1S/C9H12O3S.K.H/c1-2-8-12-13(10,11)9-6-4-3-5-7-9;;/h3-7H,2,8H2,1H3;;/q;+1;-1. The molecule has 5 heteroatoms. The molecule has 0 radical (unpaired) electrons. The van der Waals surface area contributed by atoms with Crippen molar-refractivity contribution < 1.29 is 65.4 Å². The quantitative estimate of drug-likeness (QED) is 0.497. The fourth-order valence-electron chi connectivity index (χ4n) is 0.848. The van der Waals surface area contributed by atoms with Crippen LogP contribution in [0.4, 0.5) is 0 Å². The van der Waals surface area contributed by atoms with E-state index in [0.29, 0.717) is 6.42 Å². The van der Waals surface area contributed by atoms with Crippen molar-refractivity contribution in [3.05, 3.63) is 30.3 Å². The molecule has 0 unspecified atom stereocenters. The van der Waals surface area contributed by atoms with Crippen molar-refractivity contribution in [3.8, 4) is 0 Å². The fraction of sp³-hybridized carbons (Fsp3) is 0.333. The molecule has 0 bridgehead atoms. The number of hydrogen-bond acceptors (Lipinski definition) is 3. The second kappa shape index (κ2) is 7.11. The van der Waals surface area contributed by atoms with Gasteiger partial charge in [0, 0.05) is 0 Å². The van der Waals surface area contributed by atoms with Gasteiger partial charge in [-0.05, 0) is 18.6 Å². The molecule has 0 fully saturated rings. The fourth-order valence-corrected chi connectivity index (χ4v) is 1.86. The van der Waals surface area contributed by atoms with E-state index in [1.807, 2.05) is 6.92 Å². The van der Waals surface area contributed by atoms with E-state index >= 15 is 0 Å². The summed E-state index contributed by atoms with van der Waals surface area (Å²) in [6, 6.07) is 8.14. The van der Waals surface area contributed by atoms with E-state index in [2.05, 4.69) is 0 Å². The molecule has 0 aliphatic carbocycles. The van der Waals surface area contributed by atoms with E-state index in [0.717, 1.165) is 0 Å². The summed E-state index contributed by atoms with van der Waals surface area (Å²) in [6.45, 7) is 2.09. The molecule has 3 nitrogen and oxygen atoms in total. The van der Waals surface area contributed by atoms with Crippen LogP contribution in [-0.4, -0.2) is 15.0 Å². The Kier molecular flexibility index (Phi) is 7.50. The second-order valence-corrected chi connectivity index (χ2v) is 4.20. The molecular formula is C9H13KO3S. The van der Waals surface area contributed by atoms with E-state index in [1.54, 1.807) is 18.2 Å². The Morgan fingerprint density at radius 1 is 1.29 bits per heavy atom. The number of hydrogen-bond donors (Lipinski definition) is 0. The van der Waals surface area contributed by atoms with Gasteiger partial charge in [0.25, 0.3) is 10.1 Å². The van der Waals surface area contributed by atoms with Crippen molar-refractivity contribution in [3.63, 3.8) is 0 Å². The number of rotatable bonds is 4. The zero-order chi connectivity index (χ0) is 9.73. The molecule has 0 amide bonds. The maximum absolute atomic E-state index is 11.4. The molecule has 0 aromatic heterocycles. The van der Waals surface area contributed by atoms with Crippen LogP contribution in [0.2, 0.25) is 0 Å². The predicted molar refractivity (Wildman–Crippen MR) is 51.0 cm³/mol. The van der Waals surface area contributed by atoms with Crippen molar-refractivity contribution in [1.29, 1.82) is 0 Å². The summed E-state index contributed by atoms with van der Waals surface area (Å²) < 4.78 is 27.5. The van der Waals surface area contributed by atoms with E-state index in [1.165, 1.54) is 12.1 Å². The molecule has 0 N–H and O–H groups in total. The third-order valence-electron chi connectivity index (χ3n) is 1.47. The minimum absolute atomic E-state index is 0. The normalized spacial score (nSPS) is 10.6. The zero-order valence-corrected chi connectivity index (χ0v) is 12.4. The first-order valence-electron chi connectivity index (χ1n) is 4.11. The summed E-state index contributed by atoms with van der Waals surface area (Å²) in [4.78, 5) is 0.212. The van der Waals surface area contributed by atoms with Gasteiger partial charge in [0.05, 0.1) is 11.5 Å². The van der Waals surface area contributed by atoms with Crippen LogP contribution < -0.4 is 51.4 Å². The van der Waals surface area contributed by atoms with Gasteiger partial charge < -0.3 is 1.43 Å². The summed E-state index contributed by atoms with van der Waals surface area (Å²) in [5, 5.41) is 0. The summed E-state index contributed by atoms with van der Waals surface area (Å²) in [6.07, 6.45) is 0.687. The van der Waals surface area contributed by atoms with Gasteiger partial charge in [-0.25, -0.2) is 0 Å². The first-order chi connectivity index (χ1) is 6.17. The van der Waals surface area contributed by atoms with Crippen molar-refractivity contribution >= 4 is 10.1 Å². The average molecular weight is 240 g/mol. The largest absolute Gasteiger partial charge is 1.00 e. The third-order valence-corrected chi connectivity index (χ3v) is 2.80. The molecule has 1 rings (SSSR count). The van der Waals surface area contributed by atoms with Gasteiger partial charge in [0.2, 0.25) is 0 Å². The molecule has 1 aromatic carbocycles. The van der Waals surface area contributed by atoms with Gasteiger partial charge in [-0.2, -0.15) is 8.42 Å². The first-order valence-corrected chi connectivity index (χ1v) is 5.52. The van der Waals surface area contributed by atoms with Crippen LogP contribution in [0, 0.1) is 0 Å². The molecular weight excluding hydrogens is 227 g/mol. The second-order valence-electron chi connectivity index (χ2n) is 2.59. The van der Waals surface area contributed by atoms with Crippen molar-refractivity contribution in [2.45, 2.75) is 18.2 Å². The predicted octanol–water partition coefficient (Wildman–Crippen LogP) is -1.08. The summed E-state index contributed by atoms with van der Waals surface area (Å²) in [7, 11) is -3.52. The molecule has 0 aliphatic rings.